The van der Waals surface area contributed by atoms with E-state index in [1.165, 1.54) is 24.4 Å². The summed E-state index contributed by atoms with van der Waals surface area (Å²) in [6, 6.07) is 14.5. The van der Waals surface area contributed by atoms with E-state index in [-0.39, 0.29) is 11.7 Å². The predicted octanol–water partition coefficient (Wildman–Crippen LogP) is 5.07. The molecule has 0 saturated carbocycles. The van der Waals surface area contributed by atoms with Gasteiger partial charge in [-0.3, -0.25) is 4.79 Å². The van der Waals surface area contributed by atoms with Crippen LogP contribution in [0, 0.1) is 0 Å². The molecule has 2 aromatic carbocycles. The normalized spacial score (nSPS) is 10.6. The maximum atomic E-state index is 12.5. The number of nitrogens with zero attached hydrogens (tertiary/aromatic N) is 3. The Hall–Kier alpha value is -2.75. The minimum Gasteiger partial charge on any atom is -0.465 e. The van der Waals surface area contributed by atoms with Gasteiger partial charge in [-0.2, -0.15) is 0 Å². The number of aromatic nitrogens is 3. The lowest BCUT2D eigenvalue weighted by molar-refractivity contribution is -0.113. The van der Waals surface area contributed by atoms with Crippen LogP contribution in [0.3, 0.4) is 0 Å². The summed E-state index contributed by atoms with van der Waals surface area (Å²) in [4.78, 5) is 24.4. The highest BCUT2D eigenvalue weighted by atomic mass is 35.5. The third kappa shape index (κ3) is 7.12. The van der Waals surface area contributed by atoms with E-state index in [0.29, 0.717) is 33.7 Å². The van der Waals surface area contributed by atoms with E-state index in [2.05, 4.69) is 22.1 Å². The Labute approximate surface area is 206 Å². The van der Waals surface area contributed by atoms with Gasteiger partial charge >= 0.3 is 5.97 Å². The second-order valence-corrected chi connectivity index (χ2v) is 9.16. The Morgan fingerprint density at radius 3 is 2.64 bits per heavy atom. The van der Waals surface area contributed by atoms with Gasteiger partial charge in [0.2, 0.25) is 5.91 Å². The molecule has 0 unspecified atom stereocenters. The Balaban J connectivity index is 1.59. The molecule has 7 nitrogen and oxygen atoms in total. The molecule has 1 heterocycles. The van der Waals surface area contributed by atoms with Crippen molar-refractivity contribution in [3.63, 3.8) is 0 Å². The van der Waals surface area contributed by atoms with Gasteiger partial charge in [-0.1, -0.05) is 53.7 Å². The molecule has 33 heavy (non-hydrogen) atoms. The number of allylic oxidation sites excluding steroid dienone is 1. The monoisotopic (exact) mass is 502 g/mol. The summed E-state index contributed by atoms with van der Waals surface area (Å²) in [6.45, 7) is 4.35. The number of amides is 1. The van der Waals surface area contributed by atoms with E-state index < -0.39 is 5.97 Å². The zero-order valence-electron chi connectivity index (χ0n) is 18.0. The Kier molecular flexibility index (Phi) is 9.41. The van der Waals surface area contributed by atoms with Crippen LogP contribution in [0.4, 0.5) is 5.69 Å². The van der Waals surface area contributed by atoms with Crippen LogP contribution < -0.4 is 5.32 Å². The second-order valence-electron chi connectivity index (χ2n) is 6.79. The van der Waals surface area contributed by atoms with Gasteiger partial charge in [-0.15, -0.1) is 28.5 Å². The lowest BCUT2D eigenvalue weighted by Gasteiger charge is -2.10. The van der Waals surface area contributed by atoms with Crippen LogP contribution in [-0.4, -0.2) is 39.5 Å². The first-order chi connectivity index (χ1) is 16.0. The first kappa shape index (κ1) is 24.9. The van der Waals surface area contributed by atoms with E-state index >= 15 is 0 Å². The number of carbonyl (C=O) groups excluding carboxylic acids is 2. The quantitative estimate of drug-likeness (QED) is 0.222. The van der Waals surface area contributed by atoms with E-state index in [9.17, 15) is 9.59 Å². The topological polar surface area (TPSA) is 86.1 Å². The Morgan fingerprint density at radius 2 is 1.91 bits per heavy atom. The minimum atomic E-state index is -0.509. The van der Waals surface area contributed by atoms with Crippen molar-refractivity contribution in [1.29, 1.82) is 0 Å². The molecule has 0 aliphatic carbocycles. The molecule has 1 amide bonds. The van der Waals surface area contributed by atoms with Crippen LogP contribution in [0.25, 0.3) is 0 Å². The van der Waals surface area contributed by atoms with E-state index in [1.54, 1.807) is 42.1 Å². The summed E-state index contributed by atoms with van der Waals surface area (Å²) in [7, 11) is 1.30. The summed E-state index contributed by atoms with van der Waals surface area (Å²) in [5.41, 5.74) is 1.88. The number of benzene rings is 2. The molecule has 3 aromatic rings. The summed E-state index contributed by atoms with van der Waals surface area (Å²) in [6.07, 6.45) is 1.77. The van der Waals surface area contributed by atoms with Crippen molar-refractivity contribution < 1.29 is 14.3 Å². The van der Waals surface area contributed by atoms with Gasteiger partial charge < -0.3 is 14.6 Å². The van der Waals surface area contributed by atoms with Gasteiger partial charge in [0.1, 0.15) is 5.82 Å². The van der Waals surface area contributed by atoms with Crippen molar-refractivity contribution >= 4 is 52.7 Å². The summed E-state index contributed by atoms with van der Waals surface area (Å²) < 4.78 is 6.71. The molecule has 1 N–H and O–H groups in total. The number of thioether (sulfide) groups is 2. The number of nitrogens with one attached hydrogen (secondary N) is 1. The van der Waals surface area contributed by atoms with Gasteiger partial charge in [0.15, 0.2) is 5.16 Å². The van der Waals surface area contributed by atoms with Gasteiger partial charge in [0.05, 0.1) is 29.9 Å². The highest BCUT2D eigenvalue weighted by molar-refractivity contribution is 7.99. The molecule has 172 valence electrons. The summed E-state index contributed by atoms with van der Waals surface area (Å²) in [5.74, 6) is 1.65. The fourth-order valence-electron chi connectivity index (χ4n) is 2.88. The first-order valence-corrected chi connectivity index (χ1v) is 12.5. The van der Waals surface area contributed by atoms with Crippen molar-refractivity contribution in [1.82, 2.24) is 14.8 Å². The van der Waals surface area contributed by atoms with Gasteiger partial charge in [0, 0.05) is 17.3 Å². The molecule has 0 aliphatic rings. The molecule has 0 saturated heterocycles. The van der Waals surface area contributed by atoms with Gasteiger partial charge in [0.25, 0.3) is 0 Å². The minimum absolute atomic E-state index is 0.114. The van der Waals surface area contributed by atoms with Crippen LogP contribution in [0.5, 0.6) is 0 Å². The standard InChI is InChI=1S/C23H23ClN4O3S2/c1-3-12-28-20(14-32-13-16-8-10-17(24)11-9-16)26-27-23(28)33-15-21(29)25-19-7-5-4-6-18(19)22(30)31-2/h3-11H,1,12-15H2,2H3,(H,25,29). The SMILES string of the molecule is C=CCn1c(CSCc2ccc(Cl)cc2)nnc1SCC(=O)Nc1ccccc1C(=O)OC. The molecular weight excluding hydrogens is 480 g/mol. The van der Waals surface area contributed by atoms with Crippen molar-refractivity contribution in [3.8, 4) is 0 Å². The highest BCUT2D eigenvalue weighted by Gasteiger charge is 2.16. The zero-order chi connectivity index (χ0) is 23.6. The lowest BCUT2D eigenvalue weighted by Crippen LogP contribution is -2.17. The second kappa shape index (κ2) is 12.5. The van der Waals surface area contributed by atoms with Crippen molar-refractivity contribution in [2.75, 3.05) is 18.2 Å². The maximum Gasteiger partial charge on any atom is 0.339 e. The maximum absolute atomic E-state index is 12.5. The number of anilines is 1. The van der Waals surface area contributed by atoms with Crippen molar-refractivity contribution in [2.24, 2.45) is 0 Å². The molecule has 0 aliphatic heterocycles. The molecular formula is C23H23ClN4O3S2. The molecule has 1 aromatic heterocycles. The number of halogens is 1. The number of carbonyl (C=O) groups is 2. The third-order valence-corrected chi connectivity index (χ3v) is 6.68. The van der Waals surface area contributed by atoms with Crippen LogP contribution in [0.2, 0.25) is 5.02 Å². The zero-order valence-corrected chi connectivity index (χ0v) is 20.4. The Morgan fingerprint density at radius 1 is 1.15 bits per heavy atom. The number of methoxy groups -OCH3 is 1. The number of ether oxygens (including phenoxy) is 1. The molecule has 0 atom stereocenters. The van der Waals surface area contributed by atoms with E-state index in [1.807, 2.05) is 28.8 Å². The molecule has 3 rings (SSSR count). The number of rotatable bonds is 11. The van der Waals surface area contributed by atoms with Gasteiger partial charge in [-0.25, -0.2) is 4.79 Å². The predicted molar refractivity (Wildman–Crippen MR) is 134 cm³/mol. The molecule has 0 bridgehead atoms. The summed E-state index contributed by atoms with van der Waals surface area (Å²) >= 11 is 8.93. The van der Waals surface area contributed by atoms with Crippen molar-refractivity contribution in [2.45, 2.75) is 23.2 Å². The average Bonchev–Trinajstić information content (AvgIpc) is 3.20. The fourth-order valence-corrected chi connectivity index (χ4v) is 4.70. The highest BCUT2D eigenvalue weighted by Crippen LogP contribution is 2.23. The smallest absolute Gasteiger partial charge is 0.339 e. The average molecular weight is 503 g/mol. The van der Waals surface area contributed by atoms with E-state index in [4.69, 9.17) is 16.3 Å². The molecule has 10 heteroatoms. The largest absolute Gasteiger partial charge is 0.465 e. The number of hydrogen-bond acceptors (Lipinski definition) is 7. The van der Waals surface area contributed by atoms with Crippen LogP contribution >= 0.6 is 35.1 Å². The summed E-state index contributed by atoms with van der Waals surface area (Å²) in [5, 5.41) is 12.7. The molecule has 0 spiro atoms. The molecule has 0 radical (unpaired) electrons. The number of hydrogen-bond donors (Lipinski definition) is 1. The molecule has 0 fully saturated rings. The Bertz CT molecular complexity index is 1120. The van der Waals surface area contributed by atoms with Crippen LogP contribution in [0.1, 0.15) is 21.7 Å². The van der Waals surface area contributed by atoms with Gasteiger partial charge in [-0.05, 0) is 29.8 Å². The lowest BCUT2D eigenvalue weighted by atomic mass is 10.2. The first-order valence-electron chi connectivity index (χ1n) is 9.97. The third-order valence-electron chi connectivity index (χ3n) is 4.46. The number of para-hydroxylation sites is 1. The fraction of sp³-hybridized carbons (Fsp3) is 0.217. The van der Waals surface area contributed by atoms with Crippen LogP contribution in [0.15, 0.2) is 66.3 Å². The number of esters is 1. The van der Waals surface area contributed by atoms with Crippen molar-refractivity contribution in [3.05, 3.63) is 83.2 Å². The van der Waals surface area contributed by atoms with E-state index in [0.717, 1.165) is 11.6 Å². The van der Waals surface area contributed by atoms with Crippen LogP contribution in [-0.2, 0) is 27.6 Å².